The number of anilines is 1. The van der Waals surface area contributed by atoms with E-state index in [-0.39, 0.29) is 24.6 Å². The minimum absolute atomic E-state index is 0.143. The molecule has 0 amide bonds. The van der Waals surface area contributed by atoms with E-state index in [1.54, 1.807) is 18.3 Å². The third-order valence-electron chi connectivity index (χ3n) is 6.63. The Morgan fingerprint density at radius 1 is 0.971 bits per heavy atom. The highest BCUT2D eigenvalue weighted by Gasteiger charge is 2.42. The molecule has 1 fully saturated rings. The van der Waals surface area contributed by atoms with E-state index in [0.29, 0.717) is 5.11 Å². The summed E-state index contributed by atoms with van der Waals surface area (Å²) in [6.07, 6.45) is 1.80. The van der Waals surface area contributed by atoms with Gasteiger partial charge in [-0.15, -0.1) is 0 Å². The first-order valence-electron chi connectivity index (χ1n) is 11.4. The summed E-state index contributed by atoms with van der Waals surface area (Å²) in [7, 11) is 0. The molecule has 0 saturated carbocycles. The maximum Gasteiger partial charge on any atom is 0.231 e. The molecule has 2 atom stereocenters. The van der Waals surface area contributed by atoms with Crippen molar-refractivity contribution < 1.29 is 14.6 Å². The van der Waals surface area contributed by atoms with E-state index in [0.717, 1.165) is 45.5 Å². The van der Waals surface area contributed by atoms with E-state index in [2.05, 4.69) is 39.7 Å². The van der Waals surface area contributed by atoms with Crippen LogP contribution in [0, 0.1) is 13.8 Å². The lowest BCUT2D eigenvalue weighted by molar-refractivity contribution is 0.174. The zero-order valence-corrected chi connectivity index (χ0v) is 20.1. The third kappa shape index (κ3) is 3.57. The number of pyridine rings is 1. The van der Waals surface area contributed by atoms with Gasteiger partial charge in [0, 0.05) is 35.0 Å². The quantitative estimate of drug-likeness (QED) is 0.391. The molecule has 7 nitrogen and oxygen atoms in total. The van der Waals surface area contributed by atoms with Gasteiger partial charge in [-0.1, -0.05) is 6.07 Å². The van der Waals surface area contributed by atoms with E-state index in [1.807, 2.05) is 48.5 Å². The van der Waals surface area contributed by atoms with Gasteiger partial charge in [-0.05, 0) is 86.2 Å². The number of rotatable bonds is 4. The van der Waals surface area contributed by atoms with Crippen LogP contribution in [0.4, 0.5) is 5.69 Å². The molecular weight excluding hydrogens is 460 g/mol. The number of thiocarbonyl (C=S) groups is 1. The lowest BCUT2D eigenvalue weighted by Crippen LogP contribution is -2.29. The Balaban J connectivity index is 1.50. The van der Waals surface area contributed by atoms with Crippen molar-refractivity contribution in [1.29, 1.82) is 0 Å². The highest BCUT2D eigenvalue weighted by molar-refractivity contribution is 7.80. The second-order valence-electron chi connectivity index (χ2n) is 8.71. The van der Waals surface area contributed by atoms with Crippen LogP contribution in [-0.4, -0.2) is 26.6 Å². The topological polar surface area (TPSA) is 71.8 Å². The number of nitrogens with one attached hydrogen (secondary N) is 1. The Bertz CT molecular complexity index is 1420. The molecule has 2 N–H and O–H groups in total. The number of phenolic OH excluding ortho intramolecular Hbond substituents is 1. The average molecular weight is 485 g/mol. The van der Waals surface area contributed by atoms with Gasteiger partial charge in [0.1, 0.15) is 5.75 Å². The summed E-state index contributed by atoms with van der Waals surface area (Å²) in [6, 6.07) is 21.0. The highest BCUT2D eigenvalue weighted by Crippen LogP contribution is 2.44. The molecule has 2 unspecified atom stereocenters. The van der Waals surface area contributed by atoms with Gasteiger partial charge in [-0.3, -0.25) is 4.98 Å². The summed E-state index contributed by atoms with van der Waals surface area (Å²) < 4.78 is 13.3. The number of fused-ring (bicyclic) bond motifs is 1. The number of hydrogen-bond acceptors (Lipinski definition) is 5. The standard InChI is InChI=1S/C27H24N4O3S/c1-16-13-21(17(2)30(16)19-8-11-23-24(14-19)34-15-33-23)26-25(22-5-3-4-12-28-22)29-27(35)31(26)18-6-9-20(32)10-7-18/h3-14,25-26,32H,15H2,1-2H3,(H,29,35). The first kappa shape index (κ1) is 21.5. The Morgan fingerprint density at radius 2 is 1.74 bits per heavy atom. The van der Waals surface area contributed by atoms with Crippen molar-refractivity contribution in [2.24, 2.45) is 0 Å². The molecule has 4 aromatic rings. The lowest BCUT2D eigenvalue weighted by Gasteiger charge is -2.28. The predicted octanol–water partition coefficient (Wildman–Crippen LogP) is 5.10. The van der Waals surface area contributed by atoms with Crippen molar-refractivity contribution in [2.75, 3.05) is 11.7 Å². The molecule has 0 aliphatic carbocycles. The third-order valence-corrected chi connectivity index (χ3v) is 6.94. The smallest absolute Gasteiger partial charge is 0.231 e. The summed E-state index contributed by atoms with van der Waals surface area (Å²) in [6.45, 7) is 4.47. The van der Waals surface area contributed by atoms with Crippen LogP contribution in [0.15, 0.2) is 72.9 Å². The van der Waals surface area contributed by atoms with Crippen LogP contribution in [0.2, 0.25) is 0 Å². The zero-order chi connectivity index (χ0) is 24.1. The SMILES string of the molecule is Cc1cc(C2C(c3ccccn3)NC(=S)N2c2ccc(O)cc2)c(C)n1-c1ccc2c(c1)OCO2. The van der Waals surface area contributed by atoms with Crippen LogP contribution in [0.25, 0.3) is 5.69 Å². The van der Waals surface area contributed by atoms with Gasteiger partial charge in [-0.25, -0.2) is 0 Å². The van der Waals surface area contributed by atoms with Crippen molar-refractivity contribution in [3.05, 3.63) is 95.6 Å². The second kappa shape index (κ2) is 8.32. The van der Waals surface area contributed by atoms with Crippen molar-refractivity contribution in [1.82, 2.24) is 14.9 Å². The molecule has 0 bridgehead atoms. The minimum atomic E-state index is -0.150. The van der Waals surface area contributed by atoms with E-state index in [4.69, 9.17) is 21.7 Å². The molecule has 6 rings (SSSR count). The maximum atomic E-state index is 9.86. The molecule has 8 heteroatoms. The number of benzene rings is 2. The number of ether oxygens (including phenoxy) is 2. The maximum absolute atomic E-state index is 9.86. The Kier molecular flexibility index (Phi) is 5.11. The molecule has 0 radical (unpaired) electrons. The molecule has 0 spiro atoms. The number of hydrogen-bond donors (Lipinski definition) is 2. The van der Waals surface area contributed by atoms with Crippen LogP contribution < -0.4 is 19.7 Å². The number of aryl methyl sites for hydroxylation is 1. The molecule has 35 heavy (non-hydrogen) atoms. The van der Waals surface area contributed by atoms with Gasteiger partial charge in [0.05, 0.1) is 17.8 Å². The van der Waals surface area contributed by atoms with Crippen LogP contribution >= 0.6 is 12.2 Å². The number of phenols is 1. The number of aromatic hydroxyl groups is 1. The van der Waals surface area contributed by atoms with Crippen molar-refractivity contribution >= 4 is 23.0 Å². The van der Waals surface area contributed by atoms with E-state index >= 15 is 0 Å². The molecule has 2 aromatic carbocycles. The summed E-state index contributed by atoms with van der Waals surface area (Å²) >= 11 is 5.83. The van der Waals surface area contributed by atoms with Gasteiger partial charge in [0.2, 0.25) is 6.79 Å². The molecule has 2 aliphatic heterocycles. The van der Waals surface area contributed by atoms with Gasteiger partial charge >= 0.3 is 0 Å². The Labute approximate surface area is 208 Å². The normalized spacial score (nSPS) is 18.7. The van der Waals surface area contributed by atoms with Crippen molar-refractivity contribution in [3.63, 3.8) is 0 Å². The fourth-order valence-corrected chi connectivity index (χ4v) is 5.42. The molecule has 2 aliphatic rings. The average Bonchev–Trinajstić information content (AvgIpc) is 3.55. The summed E-state index contributed by atoms with van der Waals surface area (Å²) in [5.74, 6) is 1.72. The summed E-state index contributed by atoms with van der Waals surface area (Å²) in [4.78, 5) is 6.75. The molecule has 2 aromatic heterocycles. The summed E-state index contributed by atoms with van der Waals surface area (Å²) in [5.41, 5.74) is 6.15. The number of aromatic nitrogens is 2. The first-order valence-corrected chi connectivity index (χ1v) is 11.8. The van der Waals surface area contributed by atoms with Crippen molar-refractivity contribution in [2.45, 2.75) is 25.9 Å². The van der Waals surface area contributed by atoms with E-state index in [1.165, 1.54) is 0 Å². The second-order valence-corrected chi connectivity index (χ2v) is 9.10. The fourth-order valence-electron chi connectivity index (χ4n) is 5.07. The van der Waals surface area contributed by atoms with E-state index < -0.39 is 0 Å². The predicted molar refractivity (Wildman–Crippen MR) is 137 cm³/mol. The first-order chi connectivity index (χ1) is 17.0. The Morgan fingerprint density at radius 3 is 2.51 bits per heavy atom. The minimum Gasteiger partial charge on any atom is -0.508 e. The summed E-state index contributed by atoms with van der Waals surface area (Å²) in [5, 5.41) is 14.0. The fraction of sp³-hybridized carbons (Fsp3) is 0.185. The van der Waals surface area contributed by atoms with Crippen molar-refractivity contribution in [3.8, 4) is 22.9 Å². The Hall–Kier alpha value is -4.04. The van der Waals surface area contributed by atoms with Crippen LogP contribution in [0.1, 0.15) is 34.7 Å². The van der Waals surface area contributed by atoms with Crippen LogP contribution in [-0.2, 0) is 0 Å². The molecule has 176 valence electrons. The molecule has 1 saturated heterocycles. The lowest BCUT2D eigenvalue weighted by atomic mass is 9.96. The van der Waals surface area contributed by atoms with Crippen LogP contribution in [0.5, 0.6) is 17.2 Å². The molecular formula is C27H24N4O3S. The van der Waals surface area contributed by atoms with Gasteiger partial charge in [0.15, 0.2) is 16.6 Å². The highest BCUT2D eigenvalue weighted by atomic mass is 32.1. The number of nitrogens with zero attached hydrogens (tertiary/aromatic N) is 3. The largest absolute Gasteiger partial charge is 0.508 e. The molecule has 4 heterocycles. The monoisotopic (exact) mass is 484 g/mol. The van der Waals surface area contributed by atoms with Gasteiger partial charge in [-0.2, -0.15) is 0 Å². The van der Waals surface area contributed by atoms with Gasteiger partial charge < -0.3 is 29.4 Å². The zero-order valence-electron chi connectivity index (χ0n) is 19.3. The van der Waals surface area contributed by atoms with Crippen LogP contribution in [0.3, 0.4) is 0 Å². The van der Waals surface area contributed by atoms with Gasteiger partial charge in [0.25, 0.3) is 0 Å². The van der Waals surface area contributed by atoms with E-state index in [9.17, 15) is 5.11 Å².